The number of thioether (sulfide) groups is 1. The fourth-order valence-corrected chi connectivity index (χ4v) is 4.57. The first-order valence-corrected chi connectivity index (χ1v) is 11.1. The number of aromatic hydroxyl groups is 1. The van der Waals surface area contributed by atoms with Crippen LogP contribution in [0.15, 0.2) is 22.8 Å². The molecule has 0 amide bonds. The highest BCUT2D eigenvalue weighted by atomic mass is 32.3. The molecular formula is C19H27NO3S2. The number of sulfone groups is 1. The van der Waals surface area contributed by atoms with Crippen LogP contribution < -0.4 is 0 Å². The largest absolute Gasteiger partial charge is 0.507 e. The Labute approximate surface area is 155 Å². The first-order valence-electron chi connectivity index (χ1n) is 8.19. The molecule has 1 heterocycles. The van der Waals surface area contributed by atoms with E-state index >= 15 is 0 Å². The summed E-state index contributed by atoms with van der Waals surface area (Å²) in [6.07, 6.45) is 3.09. The Balaban J connectivity index is 2.60. The number of phenols is 1. The predicted molar refractivity (Wildman–Crippen MR) is 108 cm³/mol. The first kappa shape index (κ1) is 20.0. The average Bonchev–Trinajstić information content (AvgIpc) is 2.86. The SMILES string of the molecule is CC(C)(C)c1cc(/C=C2/CSC(S(C)(=O)=O)=N2)cc(C(C)(C)C)c1O. The lowest BCUT2D eigenvalue weighted by Gasteiger charge is -2.28. The van der Waals surface area contributed by atoms with E-state index in [1.165, 1.54) is 18.0 Å². The van der Waals surface area contributed by atoms with Gasteiger partial charge < -0.3 is 5.11 Å². The normalized spacial score (nSPS) is 17.9. The van der Waals surface area contributed by atoms with Gasteiger partial charge in [0.2, 0.25) is 0 Å². The fraction of sp³-hybridized carbons (Fsp3) is 0.526. The predicted octanol–water partition coefficient (Wildman–Crippen LogP) is 4.48. The molecule has 4 nitrogen and oxygen atoms in total. The summed E-state index contributed by atoms with van der Waals surface area (Å²) in [5, 5.41) is 10.8. The zero-order valence-electron chi connectivity index (χ0n) is 16.0. The summed E-state index contributed by atoms with van der Waals surface area (Å²) in [5.41, 5.74) is 3.01. The number of rotatable bonds is 1. The molecule has 0 aromatic heterocycles. The number of aliphatic imine (C=N–C) groups is 1. The summed E-state index contributed by atoms with van der Waals surface area (Å²) in [7, 11) is -3.27. The summed E-state index contributed by atoms with van der Waals surface area (Å²) in [4.78, 5) is 4.25. The molecule has 0 fully saturated rings. The number of nitrogens with zero attached hydrogens (tertiary/aromatic N) is 1. The van der Waals surface area contributed by atoms with Crippen LogP contribution in [-0.2, 0) is 20.7 Å². The smallest absolute Gasteiger partial charge is 0.198 e. The minimum absolute atomic E-state index is 0.171. The zero-order chi connectivity index (χ0) is 19.2. The van der Waals surface area contributed by atoms with Crippen LogP contribution in [-0.4, -0.2) is 29.9 Å². The van der Waals surface area contributed by atoms with E-state index in [4.69, 9.17) is 0 Å². The summed E-state index contributed by atoms with van der Waals surface area (Å²) < 4.78 is 23.4. The highest BCUT2D eigenvalue weighted by molar-refractivity contribution is 8.35. The third-order valence-electron chi connectivity index (χ3n) is 3.98. The van der Waals surface area contributed by atoms with Crippen LogP contribution in [0.5, 0.6) is 5.75 Å². The molecule has 0 saturated heterocycles. The van der Waals surface area contributed by atoms with Gasteiger partial charge in [-0.3, -0.25) is 0 Å². The van der Waals surface area contributed by atoms with Crippen LogP contribution in [0.3, 0.4) is 0 Å². The molecule has 1 aliphatic rings. The second kappa shape index (κ2) is 6.47. The summed E-state index contributed by atoms with van der Waals surface area (Å²) >= 11 is 1.24. The van der Waals surface area contributed by atoms with Crippen LogP contribution in [0.1, 0.15) is 58.2 Å². The molecule has 0 spiro atoms. The van der Waals surface area contributed by atoms with Gasteiger partial charge in [0.25, 0.3) is 0 Å². The quantitative estimate of drug-likeness (QED) is 0.779. The van der Waals surface area contributed by atoms with Crippen molar-refractivity contribution in [2.75, 3.05) is 12.0 Å². The van der Waals surface area contributed by atoms with Crippen molar-refractivity contribution in [1.82, 2.24) is 0 Å². The lowest BCUT2D eigenvalue weighted by atomic mass is 9.78. The number of phenolic OH excluding ortho intramolecular Hbond substituents is 1. The molecule has 0 aliphatic carbocycles. The molecule has 1 aliphatic heterocycles. The van der Waals surface area contributed by atoms with E-state index in [1.807, 2.05) is 18.2 Å². The minimum atomic E-state index is -3.27. The molecule has 0 saturated carbocycles. The molecule has 2 rings (SSSR count). The molecule has 6 heteroatoms. The average molecular weight is 382 g/mol. The third kappa shape index (κ3) is 4.67. The lowest BCUT2D eigenvalue weighted by Crippen LogP contribution is -2.17. The van der Waals surface area contributed by atoms with Crippen LogP contribution >= 0.6 is 11.8 Å². The van der Waals surface area contributed by atoms with E-state index in [0.29, 0.717) is 11.5 Å². The van der Waals surface area contributed by atoms with Gasteiger partial charge in [-0.05, 0) is 34.6 Å². The monoisotopic (exact) mass is 381 g/mol. The maximum atomic E-state index is 11.6. The van der Waals surface area contributed by atoms with Crippen LogP contribution in [0.25, 0.3) is 6.08 Å². The fourth-order valence-electron chi connectivity index (χ4n) is 2.66. The lowest BCUT2D eigenvalue weighted by molar-refractivity contribution is 0.423. The van der Waals surface area contributed by atoms with Gasteiger partial charge in [0.05, 0.1) is 5.70 Å². The van der Waals surface area contributed by atoms with Crippen molar-refractivity contribution in [3.63, 3.8) is 0 Å². The van der Waals surface area contributed by atoms with Crippen molar-refractivity contribution in [2.45, 2.75) is 52.4 Å². The van der Waals surface area contributed by atoms with Gasteiger partial charge in [-0.2, -0.15) is 0 Å². The Bertz CT molecular complexity index is 817. The van der Waals surface area contributed by atoms with Crippen molar-refractivity contribution in [2.24, 2.45) is 4.99 Å². The van der Waals surface area contributed by atoms with Gasteiger partial charge in [0, 0.05) is 23.1 Å². The highest BCUT2D eigenvalue weighted by Gasteiger charge is 2.27. The Morgan fingerprint density at radius 3 is 1.92 bits per heavy atom. The second-order valence-electron chi connectivity index (χ2n) is 8.54. The van der Waals surface area contributed by atoms with E-state index < -0.39 is 9.84 Å². The molecule has 0 bridgehead atoms. The van der Waals surface area contributed by atoms with Crippen LogP contribution in [0, 0.1) is 0 Å². The van der Waals surface area contributed by atoms with Crippen molar-refractivity contribution in [3.8, 4) is 5.75 Å². The van der Waals surface area contributed by atoms with E-state index in [-0.39, 0.29) is 15.2 Å². The molecule has 0 radical (unpaired) electrons. The van der Waals surface area contributed by atoms with Crippen molar-refractivity contribution >= 4 is 32.1 Å². The molecule has 1 aromatic rings. The number of hydrogen-bond acceptors (Lipinski definition) is 5. The summed E-state index contributed by atoms with van der Waals surface area (Å²) in [5.74, 6) is 0.877. The Morgan fingerprint density at radius 2 is 1.56 bits per heavy atom. The standard InChI is InChI=1S/C19H27NO3S2/c1-18(2,3)14-9-12(10-15(16(14)21)19(4,5)6)8-13-11-24-17(20-13)25(7,22)23/h8-10,21H,11H2,1-7H3/b13-8-. The Morgan fingerprint density at radius 1 is 1.08 bits per heavy atom. The van der Waals surface area contributed by atoms with E-state index in [1.54, 1.807) is 0 Å². The van der Waals surface area contributed by atoms with E-state index in [9.17, 15) is 13.5 Å². The van der Waals surface area contributed by atoms with Gasteiger partial charge in [-0.1, -0.05) is 53.3 Å². The zero-order valence-corrected chi connectivity index (χ0v) is 17.6. The van der Waals surface area contributed by atoms with Gasteiger partial charge in [-0.25, -0.2) is 13.4 Å². The van der Waals surface area contributed by atoms with Crippen LogP contribution in [0.4, 0.5) is 0 Å². The number of hydrogen-bond donors (Lipinski definition) is 1. The van der Waals surface area contributed by atoms with Gasteiger partial charge in [0.15, 0.2) is 14.2 Å². The molecule has 138 valence electrons. The third-order valence-corrected chi connectivity index (χ3v) is 6.74. The topological polar surface area (TPSA) is 66.7 Å². The van der Waals surface area contributed by atoms with Crippen molar-refractivity contribution < 1.29 is 13.5 Å². The van der Waals surface area contributed by atoms with E-state index in [2.05, 4.69) is 46.5 Å². The molecule has 0 atom stereocenters. The Kier molecular flexibility index (Phi) is 5.19. The second-order valence-corrected chi connectivity index (χ2v) is 11.7. The molecule has 1 aromatic carbocycles. The van der Waals surface area contributed by atoms with Gasteiger partial charge in [-0.15, -0.1) is 0 Å². The Hall–Kier alpha value is -1.27. The van der Waals surface area contributed by atoms with Crippen molar-refractivity contribution in [1.29, 1.82) is 0 Å². The van der Waals surface area contributed by atoms with Crippen LogP contribution in [0.2, 0.25) is 0 Å². The van der Waals surface area contributed by atoms with E-state index in [0.717, 1.165) is 22.4 Å². The molecule has 25 heavy (non-hydrogen) atoms. The maximum absolute atomic E-state index is 11.6. The van der Waals surface area contributed by atoms with Crippen molar-refractivity contribution in [3.05, 3.63) is 34.5 Å². The molecular weight excluding hydrogens is 354 g/mol. The highest BCUT2D eigenvalue weighted by Crippen LogP contribution is 2.40. The molecule has 1 N–H and O–H groups in total. The van der Waals surface area contributed by atoms with Gasteiger partial charge in [0.1, 0.15) is 5.75 Å². The maximum Gasteiger partial charge on any atom is 0.198 e. The molecule has 0 unspecified atom stereocenters. The summed E-state index contributed by atoms with van der Waals surface area (Å²) in [6.45, 7) is 12.4. The minimum Gasteiger partial charge on any atom is -0.507 e. The summed E-state index contributed by atoms with van der Waals surface area (Å²) in [6, 6.07) is 3.94. The van der Waals surface area contributed by atoms with Gasteiger partial charge >= 0.3 is 0 Å². The number of benzene rings is 1. The first-order chi connectivity index (χ1) is 11.2.